The lowest BCUT2D eigenvalue weighted by Crippen LogP contribution is -2.02. The van der Waals surface area contributed by atoms with Gasteiger partial charge in [-0.2, -0.15) is 0 Å². The lowest BCUT2D eigenvalue weighted by molar-refractivity contribution is -0.138. The summed E-state index contributed by atoms with van der Waals surface area (Å²) in [5.41, 5.74) is 1.80. The molecule has 0 atom stereocenters. The molecule has 0 aliphatic heterocycles. The van der Waals surface area contributed by atoms with Crippen molar-refractivity contribution >= 4 is 12.0 Å². The van der Waals surface area contributed by atoms with Crippen molar-refractivity contribution in [2.45, 2.75) is 6.61 Å². The second kappa shape index (κ2) is 7.14. The number of methoxy groups -OCH3 is 1. The molecule has 0 amide bonds. The standard InChI is InChI=1S/C17H16O3/c1-19-16-10-6-5-9-15(16)13-20-17(18)12-11-14-7-3-2-4-8-14/h2-12H,13H2,1H3/b12-11+. The molecular weight excluding hydrogens is 252 g/mol. The fourth-order valence-corrected chi connectivity index (χ4v) is 1.75. The van der Waals surface area contributed by atoms with Crippen LogP contribution < -0.4 is 4.74 Å². The number of esters is 1. The van der Waals surface area contributed by atoms with E-state index >= 15 is 0 Å². The van der Waals surface area contributed by atoms with E-state index in [4.69, 9.17) is 9.47 Å². The molecule has 0 spiro atoms. The van der Waals surface area contributed by atoms with E-state index in [2.05, 4.69) is 0 Å². The van der Waals surface area contributed by atoms with Crippen LogP contribution in [0.1, 0.15) is 11.1 Å². The highest BCUT2D eigenvalue weighted by atomic mass is 16.5. The van der Waals surface area contributed by atoms with Gasteiger partial charge in [0.05, 0.1) is 7.11 Å². The molecule has 3 nitrogen and oxygen atoms in total. The summed E-state index contributed by atoms with van der Waals surface area (Å²) >= 11 is 0. The largest absolute Gasteiger partial charge is 0.496 e. The van der Waals surface area contributed by atoms with Gasteiger partial charge in [-0.1, -0.05) is 48.5 Å². The second-order valence-corrected chi connectivity index (χ2v) is 4.16. The third-order valence-corrected chi connectivity index (χ3v) is 2.77. The van der Waals surface area contributed by atoms with Crippen LogP contribution >= 0.6 is 0 Å². The highest BCUT2D eigenvalue weighted by molar-refractivity contribution is 5.87. The van der Waals surface area contributed by atoms with Crippen molar-refractivity contribution in [3.8, 4) is 5.75 Å². The first-order chi connectivity index (χ1) is 9.79. The molecule has 0 aliphatic carbocycles. The summed E-state index contributed by atoms with van der Waals surface area (Å²) in [4.78, 5) is 11.6. The molecule has 102 valence electrons. The number of carbonyl (C=O) groups excluding carboxylic acids is 1. The Morgan fingerprint density at radius 2 is 1.75 bits per heavy atom. The van der Waals surface area contributed by atoms with Crippen molar-refractivity contribution in [3.63, 3.8) is 0 Å². The summed E-state index contributed by atoms with van der Waals surface area (Å²) in [6, 6.07) is 17.1. The maximum Gasteiger partial charge on any atom is 0.331 e. The van der Waals surface area contributed by atoms with Crippen LogP contribution in [0.25, 0.3) is 6.08 Å². The van der Waals surface area contributed by atoms with Gasteiger partial charge >= 0.3 is 5.97 Å². The summed E-state index contributed by atoms with van der Waals surface area (Å²) in [6.45, 7) is 0.196. The zero-order valence-corrected chi connectivity index (χ0v) is 11.3. The molecule has 0 radical (unpaired) electrons. The normalized spacial score (nSPS) is 10.4. The molecular formula is C17H16O3. The molecule has 0 unspecified atom stereocenters. The SMILES string of the molecule is COc1ccccc1COC(=O)/C=C/c1ccccc1. The van der Waals surface area contributed by atoms with Gasteiger partial charge in [0.15, 0.2) is 0 Å². The number of carbonyl (C=O) groups is 1. The van der Waals surface area contributed by atoms with Crippen LogP contribution in [0.5, 0.6) is 5.75 Å². The Balaban J connectivity index is 1.91. The Bertz CT molecular complexity index is 588. The van der Waals surface area contributed by atoms with Gasteiger partial charge in [-0.25, -0.2) is 4.79 Å². The maximum atomic E-state index is 11.6. The van der Waals surface area contributed by atoms with Crippen LogP contribution in [0, 0.1) is 0 Å². The van der Waals surface area contributed by atoms with Gasteiger partial charge in [-0.05, 0) is 17.7 Å². The van der Waals surface area contributed by atoms with Gasteiger partial charge in [-0.3, -0.25) is 0 Å². The number of ether oxygens (including phenoxy) is 2. The summed E-state index contributed by atoms with van der Waals surface area (Å²) in [5.74, 6) is 0.340. The number of rotatable bonds is 5. The fraction of sp³-hybridized carbons (Fsp3) is 0.118. The molecule has 0 bridgehead atoms. The van der Waals surface area contributed by atoms with Crippen LogP contribution in [-0.2, 0) is 16.1 Å². The first-order valence-electron chi connectivity index (χ1n) is 6.31. The highest BCUT2D eigenvalue weighted by Gasteiger charge is 2.04. The highest BCUT2D eigenvalue weighted by Crippen LogP contribution is 2.18. The monoisotopic (exact) mass is 268 g/mol. The lowest BCUT2D eigenvalue weighted by atomic mass is 10.2. The van der Waals surface area contributed by atoms with E-state index < -0.39 is 0 Å². The molecule has 0 aromatic heterocycles. The molecule has 0 saturated carbocycles. The summed E-state index contributed by atoms with van der Waals surface area (Å²) in [7, 11) is 1.59. The minimum Gasteiger partial charge on any atom is -0.496 e. The van der Waals surface area contributed by atoms with Crippen molar-refractivity contribution in [2.24, 2.45) is 0 Å². The Morgan fingerprint density at radius 3 is 2.50 bits per heavy atom. The van der Waals surface area contributed by atoms with E-state index in [-0.39, 0.29) is 12.6 Å². The van der Waals surface area contributed by atoms with Crippen molar-refractivity contribution in [2.75, 3.05) is 7.11 Å². The van der Waals surface area contributed by atoms with Gasteiger partial charge in [0.25, 0.3) is 0 Å². The van der Waals surface area contributed by atoms with Gasteiger partial charge in [-0.15, -0.1) is 0 Å². The molecule has 2 aromatic rings. The topological polar surface area (TPSA) is 35.5 Å². The average Bonchev–Trinajstić information content (AvgIpc) is 2.52. The van der Waals surface area contributed by atoms with Crippen molar-refractivity contribution in [1.29, 1.82) is 0 Å². The summed E-state index contributed by atoms with van der Waals surface area (Å²) in [5, 5.41) is 0. The maximum absolute atomic E-state index is 11.6. The molecule has 0 heterocycles. The molecule has 0 fully saturated rings. The van der Waals surface area contributed by atoms with Crippen LogP contribution in [0.3, 0.4) is 0 Å². The van der Waals surface area contributed by atoms with E-state index in [1.165, 1.54) is 6.08 Å². The van der Waals surface area contributed by atoms with Crippen LogP contribution in [0.15, 0.2) is 60.7 Å². The Kier molecular flexibility index (Phi) is 4.95. The smallest absolute Gasteiger partial charge is 0.331 e. The molecule has 0 saturated heterocycles. The van der Waals surface area contributed by atoms with Gasteiger partial charge < -0.3 is 9.47 Å². The predicted octanol–water partition coefficient (Wildman–Crippen LogP) is 3.45. The van der Waals surface area contributed by atoms with Crippen LogP contribution in [0.2, 0.25) is 0 Å². The first-order valence-corrected chi connectivity index (χ1v) is 6.31. The zero-order valence-electron chi connectivity index (χ0n) is 11.3. The molecule has 3 heteroatoms. The van der Waals surface area contributed by atoms with Crippen LogP contribution in [-0.4, -0.2) is 13.1 Å². The predicted molar refractivity (Wildman–Crippen MR) is 78.3 cm³/mol. The first kappa shape index (κ1) is 13.9. The number of hydrogen-bond donors (Lipinski definition) is 0. The summed E-state index contributed by atoms with van der Waals surface area (Å²) < 4.78 is 10.4. The average molecular weight is 268 g/mol. The zero-order chi connectivity index (χ0) is 14.2. The van der Waals surface area contributed by atoms with Crippen molar-refractivity contribution < 1.29 is 14.3 Å². The van der Waals surface area contributed by atoms with E-state index in [0.717, 1.165) is 11.1 Å². The molecule has 0 aliphatic rings. The second-order valence-electron chi connectivity index (χ2n) is 4.16. The molecule has 2 aromatic carbocycles. The third kappa shape index (κ3) is 3.99. The Morgan fingerprint density at radius 1 is 1.05 bits per heavy atom. The third-order valence-electron chi connectivity index (χ3n) is 2.77. The number of hydrogen-bond acceptors (Lipinski definition) is 3. The van der Waals surface area contributed by atoms with Crippen LogP contribution in [0.4, 0.5) is 0 Å². The molecule has 2 rings (SSSR count). The quantitative estimate of drug-likeness (QED) is 0.615. The minimum absolute atomic E-state index is 0.196. The summed E-state index contributed by atoms with van der Waals surface area (Å²) in [6.07, 6.45) is 3.15. The van der Waals surface area contributed by atoms with E-state index in [9.17, 15) is 4.79 Å². The minimum atomic E-state index is -0.375. The van der Waals surface area contributed by atoms with E-state index in [1.807, 2.05) is 54.6 Å². The number of benzene rings is 2. The number of para-hydroxylation sites is 1. The van der Waals surface area contributed by atoms with Gasteiger partial charge in [0.1, 0.15) is 12.4 Å². The lowest BCUT2D eigenvalue weighted by Gasteiger charge is -2.07. The van der Waals surface area contributed by atoms with Gasteiger partial charge in [0.2, 0.25) is 0 Å². The fourth-order valence-electron chi connectivity index (χ4n) is 1.75. The Hall–Kier alpha value is -2.55. The van der Waals surface area contributed by atoms with Gasteiger partial charge in [0, 0.05) is 11.6 Å². The van der Waals surface area contributed by atoms with E-state index in [0.29, 0.717) is 5.75 Å². The Labute approximate surface area is 118 Å². The van der Waals surface area contributed by atoms with E-state index in [1.54, 1.807) is 13.2 Å². The van der Waals surface area contributed by atoms with Crippen molar-refractivity contribution in [3.05, 3.63) is 71.8 Å². The van der Waals surface area contributed by atoms with Crippen molar-refractivity contribution in [1.82, 2.24) is 0 Å². The molecule has 20 heavy (non-hydrogen) atoms. The molecule has 0 N–H and O–H groups in total.